The number of pyridine rings is 2. The van der Waals surface area contributed by atoms with Gasteiger partial charge in [0.25, 0.3) is 27.3 Å². The number of hydrogen-bond donors (Lipinski definition) is 2. The van der Waals surface area contributed by atoms with E-state index < -0.39 is 38.1 Å². The van der Waals surface area contributed by atoms with Crippen LogP contribution < -0.4 is 20.2 Å². The number of sulfonamides is 1. The second-order valence-electron chi connectivity index (χ2n) is 24.6. The lowest BCUT2D eigenvalue weighted by Crippen LogP contribution is -2.40. The van der Waals surface area contributed by atoms with E-state index in [0.29, 0.717) is 69.8 Å². The molecule has 0 bridgehead atoms. The fraction of sp³-hybridized carbons (Fsp3) is 0.0941. The van der Waals surface area contributed by atoms with Crippen molar-refractivity contribution in [3.8, 4) is 22.3 Å². The molecule has 1 fully saturated rings. The van der Waals surface area contributed by atoms with Gasteiger partial charge in [-0.1, -0.05) is 153 Å². The van der Waals surface area contributed by atoms with Crippen LogP contribution in [0.3, 0.4) is 0 Å². The number of esters is 2. The third kappa shape index (κ3) is 18.2. The molecular weight excluding hydrogens is 1500 g/mol. The van der Waals surface area contributed by atoms with Crippen LogP contribution >= 0.6 is 30.0 Å². The van der Waals surface area contributed by atoms with Crippen LogP contribution in [-0.4, -0.2) is 114 Å². The summed E-state index contributed by atoms with van der Waals surface area (Å²) in [4.78, 5) is 88.0. The number of benzene rings is 9. The van der Waals surface area contributed by atoms with Crippen LogP contribution in [0.5, 0.6) is 0 Å². The predicted molar refractivity (Wildman–Crippen MR) is 443 cm³/mol. The Hall–Kier alpha value is -13.3. The maximum Gasteiger partial charge on any atom is 0.337 e. The number of amides is 1. The summed E-state index contributed by atoms with van der Waals surface area (Å²) < 4.78 is 47.6. The second-order valence-corrected chi connectivity index (χ2v) is 31.1. The van der Waals surface area contributed by atoms with E-state index in [9.17, 15) is 47.8 Å². The Labute approximate surface area is 652 Å². The molecule has 562 valence electrons. The monoisotopic (exact) mass is 1570 g/mol. The van der Waals surface area contributed by atoms with Gasteiger partial charge in [0.2, 0.25) is 5.24 Å². The number of non-ortho nitro benzene ring substituents is 2. The summed E-state index contributed by atoms with van der Waals surface area (Å²) in [6.07, 6.45) is 9.20. The maximum atomic E-state index is 13.0. The standard InChI is InChI=1S/C27H24N4O4S2.C27H20N3O2P.C19H13N3O4.C11H9ClO3.CH4/c1-30(37(33,34)25-3-2-14-36-25)21-8-9-24-22(16-21)23-15-20(17-28-26(23)29-24)18-4-6-19(7-5-18)27(32)31-10-12-35-13-11-31;1-28-20-19-22-21-23(30(31)32)17-18-27(22)29-33(24-11-5-2-6-12-24,25-13-7-3-8-14-25)26-15-9-4-10-16-26;1-26-19(23)12-4-2-11(3-5-12)13-8-16-15-9-14(22(24)25)6-7-17(15)21-18(16)20-10-13;1-15-11(14)9-5-2-8(3-6-9)4-7-10(12)13;/h2-9,14-17H,10-13H2,1H3,(H,28,29);2-21H;2-10H,1H3,(H,20,21);2-7H,1H3;1H4/b;20-19+;;7-4+;. The predicted octanol–water partition coefficient (Wildman–Crippen LogP) is 18.0. The Morgan fingerprint density at radius 3 is 1.57 bits per heavy atom. The molecular formula is C85H70ClN10O13PS2. The van der Waals surface area contributed by atoms with E-state index in [4.69, 9.17) is 32.4 Å². The summed E-state index contributed by atoms with van der Waals surface area (Å²) in [5.74, 6) is -0.776. The van der Waals surface area contributed by atoms with Crippen molar-refractivity contribution in [3.63, 3.8) is 0 Å². The third-order valence-corrected chi connectivity index (χ3v) is 24.8. The largest absolute Gasteiger partial charge is 0.465 e. The molecule has 0 saturated carbocycles. The summed E-state index contributed by atoms with van der Waals surface area (Å²) in [7, 11) is -1.94. The van der Waals surface area contributed by atoms with Gasteiger partial charge in [-0.05, 0) is 130 Å². The fourth-order valence-corrected chi connectivity index (χ4v) is 18.2. The zero-order chi connectivity index (χ0) is 78.2. The number of carbonyl (C=O) groups excluding carboxylic acids is 4. The van der Waals surface area contributed by atoms with E-state index in [1.165, 1.54) is 60.3 Å². The molecule has 5 aromatic heterocycles. The lowest BCUT2D eigenvalue weighted by molar-refractivity contribution is -0.385. The number of aromatic nitrogens is 4. The molecule has 1 amide bonds. The number of nitrogens with one attached hydrogen (secondary N) is 2. The van der Waals surface area contributed by atoms with E-state index in [0.717, 1.165) is 82.0 Å². The molecule has 1 aliphatic rings. The minimum absolute atomic E-state index is 0. The van der Waals surface area contributed by atoms with E-state index in [1.54, 1.807) is 110 Å². The van der Waals surface area contributed by atoms with Gasteiger partial charge < -0.3 is 29.1 Å². The number of aromatic amines is 2. The molecule has 0 aliphatic carbocycles. The van der Waals surface area contributed by atoms with E-state index in [1.807, 2.05) is 120 Å². The van der Waals surface area contributed by atoms with Crippen LogP contribution in [0.2, 0.25) is 0 Å². The molecule has 9 aromatic carbocycles. The van der Waals surface area contributed by atoms with Crippen LogP contribution in [0.25, 0.3) is 83.1 Å². The zero-order valence-electron chi connectivity index (χ0n) is 59.5. The lowest BCUT2D eigenvalue weighted by Gasteiger charge is -2.27. The summed E-state index contributed by atoms with van der Waals surface area (Å²) in [6.45, 7) is 9.47. The van der Waals surface area contributed by atoms with E-state index >= 15 is 0 Å². The highest BCUT2D eigenvalue weighted by atomic mass is 35.5. The number of H-pyrrole nitrogens is 2. The van der Waals surface area contributed by atoms with Gasteiger partial charge in [-0.3, -0.25) is 38.9 Å². The van der Waals surface area contributed by atoms with Crippen molar-refractivity contribution in [2.24, 2.45) is 4.74 Å². The number of ether oxygens (including phenoxy) is 3. The first-order chi connectivity index (χ1) is 53.8. The highest BCUT2D eigenvalue weighted by Gasteiger charge is 2.29. The first kappa shape index (κ1) is 79.7. The summed E-state index contributed by atoms with van der Waals surface area (Å²) in [6, 6.07) is 73.7. The molecule has 0 unspecified atom stereocenters. The van der Waals surface area contributed by atoms with Gasteiger partial charge in [0, 0.05) is 122 Å². The number of allylic oxidation sites excluding steroid dienone is 1. The number of nitro benzene ring substituents is 2. The number of halogens is 1. The minimum Gasteiger partial charge on any atom is -0.465 e. The lowest BCUT2D eigenvalue weighted by atomic mass is 10.0. The number of methoxy groups -OCH3 is 2. The zero-order valence-corrected chi connectivity index (χ0v) is 62.8. The fourth-order valence-electron chi connectivity index (χ4n) is 12.2. The quantitative estimate of drug-likeness (QED) is 0.0163. The smallest absolute Gasteiger partial charge is 0.337 e. The molecule has 6 heterocycles. The molecule has 0 spiro atoms. The number of rotatable bonds is 17. The Bertz CT molecular complexity index is 5970. The van der Waals surface area contributed by atoms with Crippen LogP contribution in [0, 0.1) is 26.8 Å². The van der Waals surface area contributed by atoms with Crippen molar-refractivity contribution in [1.82, 2.24) is 24.8 Å². The highest BCUT2D eigenvalue weighted by Crippen LogP contribution is 2.50. The van der Waals surface area contributed by atoms with E-state index in [-0.39, 0.29) is 30.7 Å². The van der Waals surface area contributed by atoms with Crippen LogP contribution in [0.4, 0.5) is 22.7 Å². The Kier molecular flexibility index (Phi) is 25.8. The highest BCUT2D eigenvalue weighted by molar-refractivity contribution is 7.94. The maximum absolute atomic E-state index is 13.0. The number of hydrogen-bond acceptors (Lipinski definition) is 17. The van der Waals surface area contributed by atoms with Crippen molar-refractivity contribution >= 4 is 158 Å². The average molecular weight is 1570 g/mol. The molecule has 15 rings (SSSR count). The van der Waals surface area contributed by atoms with Gasteiger partial charge in [0.05, 0.1) is 73.4 Å². The van der Waals surface area contributed by atoms with Gasteiger partial charge in [-0.25, -0.2) is 32.8 Å². The number of morpholine rings is 1. The Morgan fingerprint density at radius 1 is 0.607 bits per heavy atom. The normalized spacial score (nSPS) is 11.9. The van der Waals surface area contributed by atoms with Crippen molar-refractivity contribution in [2.45, 2.75) is 11.6 Å². The SMILES string of the molecule is C.CN(c1ccc2[nH]c3ncc(-c4ccc(C(=O)N5CCOCC5)cc4)cc3c2c1)S(=O)(=O)c1cccs1.COC(=O)c1ccc(-c2cnc3[nH]c4ccc([N+](=O)[O-])cc4c3c2)cc1.COC(=O)c1ccc(/C=C/C(=O)Cl)cc1.[C-]#[N+]/C=C/c1cc([N+](=O)[O-])ccc1N=P(c1ccccc1)(c1ccccc1)c1ccccc1. The Balaban J connectivity index is 0.000000153. The molecule has 0 atom stereocenters. The summed E-state index contributed by atoms with van der Waals surface area (Å²) in [5, 5.41) is 30.2. The second kappa shape index (κ2) is 36.2. The number of thiophene rings is 1. The first-order valence-corrected chi connectivity index (χ1v) is 38.5. The van der Waals surface area contributed by atoms with E-state index in [2.05, 4.69) is 65.9 Å². The first-order valence-electron chi connectivity index (χ1n) is 34.1. The molecule has 112 heavy (non-hydrogen) atoms. The van der Waals surface area contributed by atoms with Crippen molar-refractivity contribution in [2.75, 3.05) is 51.9 Å². The van der Waals surface area contributed by atoms with Crippen molar-refractivity contribution in [1.29, 1.82) is 0 Å². The van der Waals surface area contributed by atoms with Crippen LogP contribution in [0.15, 0.2) is 282 Å². The molecule has 27 heteroatoms. The molecule has 1 aliphatic heterocycles. The van der Waals surface area contributed by atoms with Gasteiger partial charge in [0.15, 0.2) is 6.20 Å². The topological polar surface area (TPSA) is 297 Å². The molecule has 0 radical (unpaired) electrons. The minimum atomic E-state index is -3.64. The number of nitro groups is 2. The number of anilines is 1. The van der Waals surface area contributed by atoms with Gasteiger partial charge in [-0.2, -0.15) is 0 Å². The van der Waals surface area contributed by atoms with Gasteiger partial charge in [0.1, 0.15) is 15.5 Å². The molecule has 14 aromatic rings. The summed E-state index contributed by atoms with van der Waals surface area (Å²) in [5.41, 5.74) is 10.7. The third-order valence-electron chi connectivity index (χ3n) is 17.9. The summed E-state index contributed by atoms with van der Waals surface area (Å²) >= 11 is 6.33. The van der Waals surface area contributed by atoms with Crippen molar-refractivity contribution < 1.29 is 51.7 Å². The Morgan fingerprint density at radius 2 is 1.09 bits per heavy atom. The molecule has 23 nitrogen and oxygen atoms in total. The van der Waals surface area contributed by atoms with Crippen molar-refractivity contribution in [3.05, 3.63) is 332 Å². The average Bonchev–Trinajstić information content (AvgIpc) is 1.71. The van der Waals surface area contributed by atoms with Gasteiger partial charge >= 0.3 is 11.9 Å². The van der Waals surface area contributed by atoms with Crippen LogP contribution in [-0.2, 0) is 29.0 Å². The van der Waals surface area contributed by atoms with Crippen LogP contribution in [0.1, 0.15) is 49.6 Å². The molecule has 2 N–H and O–H groups in total. The molecule has 1 saturated heterocycles. The number of nitrogens with zero attached hydrogens (tertiary/aromatic N) is 8. The number of fused-ring (bicyclic) bond motifs is 6. The van der Waals surface area contributed by atoms with Gasteiger partial charge in [-0.15, -0.1) is 11.3 Å². The number of carbonyl (C=O) groups is 4.